The number of aryl methyl sites for hydroxylation is 4. The first-order chi connectivity index (χ1) is 12.0. The van der Waals surface area contributed by atoms with Crippen molar-refractivity contribution in [1.82, 2.24) is 19.8 Å². The summed E-state index contributed by atoms with van der Waals surface area (Å²) in [5, 5.41) is 13.7. The Labute approximate surface area is 149 Å². The summed E-state index contributed by atoms with van der Waals surface area (Å²) in [6, 6.07) is 6.50. The van der Waals surface area contributed by atoms with Gasteiger partial charge in [0.05, 0.1) is 5.69 Å². The van der Waals surface area contributed by atoms with Crippen LogP contribution in [0.4, 0.5) is 0 Å². The number of nitrogens with two attached hydrogens (primary N) is 1. The van der Waals surface area contributed by atoms with Crippen LogP contribution in [0.15, 0.2) is 18.2 Å². The fourth-order valence-electron chi connectivity index (χ4n) is 3.80. The van der Waals surface area contributed by atoms with Crippen molar-refractivity contribution in [3.05, 3.63) is 46.1 Å². The molecule has 0 fully saturated rings. The quantitative estimate of drug-likeness (QED) is 0.767. The predicted molar refractivity (Wildman–Crippen MR) is 102 cm³/mol. The second-order valence-electron chi connectivity index (χ2n) is 6.96. The van der Waals surface area contributed by atoms with Gasteiger partial charge < -0.3 is 5.73 Å². The van der Waals surface area contributed by atoms with Crippen LogP contribution in [0.25, 0.3) is 17.0 Å². The Morgan fingerprint density at radius 1 is 1.04 bits per heavy atom. The molecule has 3 aromatic rings. The molecule has 0 radical (unpaired) electrons. The molecule has 1 unspecified atom stereocenters. The Bertz CT molecular complexity index is 887. The molecule has 2 aromatic heterocycles. The third-order valence-corrected chi connectivity index (χ3v) is 4.87. The van der Waals surface area contributed by atoms with Crippen molar-refractivity contribution >= 4 is 5.65 Å². The molecule has 0 aliphatic heterocycles. The van der Waals surface area contributed by atoms with Crippen molar-refractivity contribution in [1.29, 1.82) is 0 Å². The molecule has 2 N–H and O–H groups in total. The molecular formula is C20H27N5. The molecule has 0 saturated carbocycles. The van der Waals surface area contributed by atoms with Crippen molar-refractivity contribution in [2.24, 2.45) is 5.73 Å². The zero-order valence-corrected chi connectivity index (χ0v) is 15.8. The normalized spacial score (nSPS) is 12.7. The van der Waals surface area contributed by atoms with E-state index >= 15 is 0 Å². The highest BCUT2D eigenvalue weighted by molar-refractivity contribution is 5.68. The first-order valence-electron chi connectivity index (χ1n) is 8.97. The van der Waals surface area contributed by atoms with E-state index in [1.54, 1.807) is 0 Å². The van der Waals surface area contributed by atoms with E-state index in [2.05, 4.69) is 56.1 Å². The molecule has 0 bridgehead atoms. The van der Waals surface area contributed by atoms with Crippen LogP contribution < -0.4 is 5.73 Å². The lowest BCUT2D eigenvalue weighted by atomic mass is 9.94. The van der Waals surface area contributed by atoms with Gasteiger partial charge in [-0.1, -0.05) is 24.6 Å². The Kier molecular flexibility index (Phi) is 4.86. The topological polar surface area (TPSA) is 69.1 Å². The summed E-state index contributed by atoms with van der Waals surface area (Å²) in [6.07, 6.45) is 1.97. The number of fused-ring (bicyclic) bond motifs is 1. The molecule has 5 nitrogen and oxygen atoms in total. The molecule has 0 saturated heterocycles. The Balaban J connectivity index is 2.25. The third kappa shape index (κ3) is 3.16. The average Bonchev–Trinajstić information content (AvgIpc) is 2.94. The predicted octanol–water partition coefficient (Wildman–Crippen LogP) is 3.87. The first kappa shape index (κ1) is 17.5. The second-order valence-corrected chi connectivity index (χ2v) is 6.96. The minimum atomic E-state index is 0.381. The summed E-state index contributed by atoms with van der Waals surface area (Å²) < 4.78 is 1.91. The van der Waals surface area contributed by atoms with Gasteiger partial charge >= 0.3 is 0 Å². The van der Waals surface area contributed by atoms with Gasteiger partial charge in [-0.25, -0.2) is 0 Å². The number of benzene rings is 1. The summed E-state index contributed by atoms with van der Waals surface area (Å²) in [6.45, 7) is 11.2. The number of nitrogens with zero attached hydrogens (tertiary/aromatic N) is 4. The summed E-state index contributed by atoms with van der Waals surface area (Å²) >= 11 is 0. The summed E-state index contributed by atoms with van der Waals surface area (Å²) in [5.41, 5.74) is 13.6. The fraction of sp³-hybridized carbons (Fsp3) is 0.450. The van der Waals surface area contributed by atoms with Crippen LogP contribution in [-0.2, 0) is 0 Å². The van der Waals surface area contributed by atoms with Crippen LogP contribution in [-0.4, -0.2) is 26.4 Å². The minimum absolute atomic E-state index is 0.381. The Morgan fingerprint density at radius 3 is 2.32 bits per heavy atom. The molecule has 0 amide bonds. The highest BCUT2D eigenvalue weighted by Gasteiger charge is 2.20. The van der Waals surface area contributed by atoms with Crippen molar-refractivity contribution in [2.45, 2.75) is 53.4 Å². The number of hydrogen-bond acceptors (Lipinski definition) is 4. The van der Waals surface area contributed by atoms with E-state index in [1.165, 1.54) is 22.3 Å². The van der Waals surface area contributed by atoms with Crippen LogP contribution in [0, 0.1) is 27.7 Å². The number of rotatable bonds is 5. The van der Waals surface area contributed by atoms with Crippen LogP contribution in [0.3, 0.4) is 0 Å². The van der Waals surface area contributed by atoms with E-state index in [0.717, 1.165) is 35.6 Å². The summed E-state index contributed by atoms with van der Waals surface area (Å²) in [4.78, 5) is 0. The minimum Gasteiger partial charge on any atom is -0.330 e. The van der Waals surface area contributed by atoms with E-state index in [-0.39, 0.29) is 0 Å². The smallest absolute Gasteiger partial charge is 0.185 e. The second kappa shape index (κ2) is 6.92. The summed E-state index contributed by atoms with van der Waals surface area (Å²) in [7, 11) is 0. The molecule has 1 aromatic carbocycles. The highest BCUT2D eigenvalue weighted by atomic mass is 15.4. The lowest BCUT2D eigenvalue weighted by Crippen LogP contribution is -2.10. The van der Waals surface area contributed by atoms with Crippen LogP contribution in [0.1, 0.15) is 53.6 Å². The monoisotopic (exact) mass is 337 g/mol. The molecule has 0 spiro atoms. The van der Waals surface area contributed by atoms with Gasteiger partial charge in [-0.3, -0.25) is 0 Å². The average molecular weight is 337 g/mol. The number of hydrogen-bond donors (Lipinski definition) is 1. The van der Waals surface area contributed by atoms with E-state index in [0.29, 0.717) is 12.5 Å². The zero-order chi connectivity index (χ0) is 18.1. The van der Waals surface area contributed by atoms with Gasteiger partial charge in [-0.15, -0.1) is 10.2 Å². The zero-order valence-electron chi connectivity index (χ0n) is 15.8. The maximum atomic E-state index is 5.82. The van der Waals surface area contributed by atoms with E-state index in [4.69, 9.17) is 10.8 Å². The lowest BCUT2D eigenvalue weighted by Gasteiger charge is -2.16. The molecule has 2 heterocycles. The van der Waals surface area contributed by atoms with E-state index < -0.39 is 0 Å². The Hall–Kier alpha value is -2.27. The van der Waals surface area contributed by atoms with Gasteiger partial charge in [0.15, 0.2) is 11.5 Å². The van der Waals surface area contributed by atoms with E-state index in [1.807, 2.05) is 11.4 Å². The van der Waals surface area contributed by atoms with Crippen LogP contribution in [0.5, 0.6) is 0 Å². The van der Waals surface area contributed by atoms with E-state index in [9.17, 15) is 0 Å². The largest absolute Gasteiger partial charge is 0.330 e. The molecule has 5 heteroatoms. The standard InChI is InChI=1S/C20H27N5/c1-6-16(7-8-21)17-11-15(5)24-25-19(17)22-23-20(25)18-13(3)9-12(2)10-14(18)4/h9-11,16H,6-8,21H2,1-5H3. The van der Waals surface area contributed by atoms with Gasteiger partial charge in [-0.05, 0) is 70.2 Å². The molecular weight excluding hydrogens is 310 g/mol. The maximum absolute atomic E-state index is 5.82. The molecule has 0 aliphatic carbocycles. The van der Waals surface area contributed by atoms with Gasteiger partial charge in [0.1, 0.15) is 0 Å². The molecule has 25 heavy (non-hydrogen) atoms. The van der Waals surface area contributed by atoms with Gasteiger partial charge in [0.25, 0.3) is 0 Å². The van der Waals surface area contributed by atoms with Gasteiger partial charge in [0, 0.05) is 11.1 Å². The van der Waals surface area contributed by atoms with Crippen molar-refractivity contribution in [3.63, 3.8) is 0 Å². The Morgan fingerprint density at radius 2 is 1.72 bits per heavy atom. The molecule has 0 aliphatic rings. The lowest BCUT2D eigenvalue weighted by molar-refractivity contribution is 0.612. The molecule has 1 atom stereocenters. The van der Waals surface area contributed by atoms with Crippen molar-refractivity contribution < 1.29 is 0 Å². The van der Waals surface area contributed by atoms with Gasteiger partial charge in [0.2, 0.25) is 0 Å². The SMILES string of the molecule is CCC(CCN)c1cc(C)nn2c(-c3c(C)cc(C)cc3C)nnc12. The molecule has 132 valence electrons. The van der Waals surface area contributed by atoms with Crippen LogP contribution >= 0.6 is 0 Å². The molecule has 3 rings (SSSR count). The van der Waals surface area contributed by atoms with Gasteiger partial charge in [-0.2, -0.15) is 9.61 Å². The van der Waals surface area contributed by atoms with Crippen molar-refractivity contribution in [2.75, 3.05) is 6.54 Å². The third-order valence-electron chi connectivity index (χ3n) is 4.87. The van der Waals surface area contributed by atoms with Crippen molar-refractivity contribution in [3.8, 4) is 11.4 Å². The fourth-order valence-corrected chi connectivity index (χ4v) is 3.80. The maximum Gasteiger partial charge on any atom is 0.185 e. The summed E-state index contributed by atoms with van der Waals surface area (Å²) in [5.74, 6) is 1.20. The number of aromatic nitrogens is 4. The highest BCUT2D eigenvalue weighted by Crippen LogP contribution is 2.31. The van der Waals surface area contributed by atoms with Crippen LogP contribution in [0.2, 0.25) is 0 Å². The first-order valence-corrected chi connectivity index (χ1v) is 8.97.